The molecule has 0 heterocycles. The molecule has 0 saturated carbocycles. The standard InChI is InChI=1S/C13H5ClF5NO/c14-7-3-5(15)1-2-9(7)20-13(21)6-4-8(16)11(18)12(19)10(6)17/h1-4H,(H,20,21). The van der Waals surface area contributed by atoms with Gasteiger partial charge < -0.3 is 5.32 Å². The number of carbonyl (C=O) groups is 1. The van der Waals surface area contributed by atoms with Crippen molar-refractivity contribution in [3.05, 3.63) is 63.9 Å². The van der Waals surface area contributed by atoms with Gasteiger partial charge in [0.25, 0.3) is 5.91 Å². The highest BCUT2D eigenvalue weighted by Gasteiger charge is 2.23. The smallest absolute Gasteiger partial charge is 0.258 e. The van der Waals surface area contributed by atoms with Gasteiger partial charge in [0.15, 0.2) is 23.3 Å². The lowest BCUT2D eigenvalue weighted by Crippen LogP contribution is -2.16. The molecule has 0 aromatic heterocycles. The van der Waals surface area contributed by atoms with E-state index in [1.807, 2.05) is 5.32 Å². The van der Waals surface area contributed by atoms with Gasteiger partial charge in [0.1, 0.15) is 5.82 Å². The molecule has 0 saturated heterocycles. The first-order valence-corrected chi connectivity index (χ1v) is 5.78. The Morgan fingerprint density at radius 2 is 1.62 bits per heavy atom. The predicted molar refractivity (Wildman–Crippen MR) is 65.6 cm³/mol. The number of carbonyl (C=O) groups excluding carboxylic acids is 1. The van der Waals surface area contributed by atoms with Gasteiger partial charge in [0, 0.05) is 0 Å². The average molecular weight is 322 g/mol. The zero-order chi connectivity index (χ0) is 15.7. The Balaban J connectivity index is 2.37. The third-order valence-corrected chi connectivity index (χ3v) is 2.84. The van der Waals surface area contributed by atoms with Crippen LogP contribution in [0.3, 0.4) is 0 Å². The number of nitrogens with one attached hydrogen (secondary N) is 1. The molecule has 2 nitrogen and oxygen atoms in total. The highest BCUT2D eigenvalue weighted by molar-refractivity contribution is 6.33. The van der Waals surface area contributed by atoms with Crippen LogP contribution >= 0.6 is 11.6 Å². The van der Waals surface area contributed by atoms with Crippen LogP contribution in [0.15, 0.2) is 24.3 Å². The number of benzene rings is 2. The number of hydrogen-bond donors (Lipinski definition) is 1. The quantitative estimate of drug-likeness (QED) is 0.499. The van der Waals surface area contributed by atoms with E-state index in [1.54, 1.807) is 0 Å². The van der Waals surface area contributed by atoms with Crippen LogP contribution in [0, 0.1) is 29.1 Å². The molecule has 0 radical (unpaired) electrons. The van der Waals surface area contributed by atoms with Crippen molar-refractivity contribution < 1.29 is 26.7 Å². The lowest BCUT2D eigenvalue weighted by Gasteiger charge is -2.09. The van der Waals surface area contributed by atoms with E-state index in [1.165, 1.54) is 0 Å². The van der Waals surface area contributed by atoms with Crippen molar-refractivity contribution in [3.8, 4) is 0 Å². The monoisotopic (exact) mass is 321 g/mol. The minimum Gasteiger partial charge on any atom is -0.321 e. The molecule has 8 heteroatoms. The fourth-order valence-electron chi connectivity index (χ4n) is 1.52. The van der Waals surface area contributed by atoms with E-state index >= 15 is 0 Å². The molecule has 0 bridgehead atoms. The third kappa shape index (κ3) is 2.97. The highest BCUT2D eigenvalue weighted by atomic mass is 35.5. The Bertz CT molecular complexity index is 735. The van der Waals surface area contributed by atoms with Gasteiger partial charge in [-0.1, -0.05) is 11.6 Å². The Morgan fingerprint density at radius 1 is 0.952 bits per heavy atom. The van der Waals surface area contributed by atoms with E-state index in [-0.39, 0.29) is 16.8 Å². The summed E-state index contributed by atoms with van der Waals surface area (Å²) in [7, 11) is 0. The first-order chi connectivity index (χ1) is 9.81. The SMILES string of the molecule is O=C(Nc1ccc(F)cc1Cl)c1cc(F)c(F)c(F)c1F. The van der Waals surface area contributed by atoms with E-state index < -0.39 is 40.6 Å². The van der Waals surface area contributed by atoms with Gasteiger partial charge in [0.2, 0.25) is 0 Å². The van der Waals surface area contributed by atoms with E-state index in [9.17, 15) is 26.7 Å². The molecule has 110 valence electrons. The molecule has 2 aromatic rings. The van der Waals surface area contributed by atoms with Crippen molar-refractivity contribution in [2.24, 2.45) is 0 Å². The van der Waals surface area contributed by atoms with Gasteiger partial charge in [-0.05, 0) is 24.3 Å². The molecule has 2 aromatic carbocycles. The summed E-state index contributed by atoms with van der Waals surface area (Å²) in [5.74, 6) is -9.63. The van der Waals surface area contributed by atoms with Gasteiger partial charge in [-0.25, -0.2) is 22.0 Å². The van der Waals surface area contributed by atoms with Crippen LogP contribution in [0.5, 0.6) is 0 Å². The van der Waals surface area contributed by atoms with Crippen LogP contribution in [-0.2, 0) is 0 Å². The van der Waals surface area contributed by atoms with Crippen LogP contribution in [-0.4, -0.2) is 5.91 Å². The fourth-order valence-corrected chi connectivity index (χ4v) is 1.73. The second kappa shape index (κ2) is 5.69. The summed E-state index contributed by atoms with van der Waals surface area (Å²) in [5.41, 5.74) is -1.15. The maximum atomic E-state index is 13.4. The fraction of sp³-hybridized carbons (Fsp3) is 0. The molecular weight excluding hydrogens is 317 g/mol. The topological polar surface area (TPSA) is 29.1 Å². The van der Waals surface area contributed by atoms with Crippen LogP contribution < -0.4 is 5.32 Å². The number of halogens is 6. The molecule has 0 atom stereocenters. The molecule has 0 unspecified atom stereocenters. The van der Waals surface area contributed by atoms with Crippen molar-refractivity contribution in [2.75, 3.05) is 5.32 Å². The van der Waals surface area contributed by atoms with E-state index in [0.717, 1.165) is 18.2 Å². The van der Waals surface area contributed by atoms with E-state index in [0.29, 0.717) is 0 Å². The second-order valence-electron chi connectivity index (χ2n) is 3.93. The predicted octanol–water partition coefficient (Wildman–Crippen LogP) is 4.29. The number of anilines is 1. The highest BCUT2D eigenvalue weighted by Crippen LogP contribution is 2.24. The molecule has 0 spiro atoms. The van der Waals surface area contributed by atoms with Gasteiger partial charge in [-0.3, -0.25) is 4.79 Å². The molecule has 1 N–H and O–H groups in total. The zero-order valence-corrected chi connectivity index (χ0v) is 10.7. The summed E-state index contributed by atoms with van der Waals surface area (Å²) in [6, 6.07) is 3.12. The summed E-state index contributed by atoms with van der Waals surface area (Å²) < 4.78 is 65.1. The first-order valence-electron chi connectivity index (χ1n) is 5.40. The molecule has 21 heavy (non-hydrogen) atoms. The molecular formula is C13H5ClF5NO. The van der Waals surface area contributed by atoms with Crippen molar-refractivity contribution >= 4 is 23.2 Å². The molecule has 2 rings (SSSR count). The molecule has 0 fully saturated rings. The Morgan fingerprint density at radius 3 is 2.24 bits per heavy atom. The minimum absolute atomic E-state index is 0.104. The van der Waals surface area contributed by atoms with Crippen molar-refractivity contribution in [2.45, 2.75) is 0 Å². The molecule has 0 aliphatic rings. The zero-order valence-electron chi connectivity index (χ0n) is 9.99. The maximum Gasteiger partial charge on any atom is 0.258 e. The summed E-state index contributed by atoms with van der Waals surface area (Å²) >= 11 is 5.63. The third-order valence-electron chi connectivity index (χ3n) is 2.53. The first kappa shape index (κ1) is 15.2. The Kier molecular flexibility index (Phi) is 4.13. The summed E-state index contributed by atoms with van der Waals surface area (Å²) in [6.07, 6.45) is 0. The minimum atomic E-state index is -2.11. The Hall–Kier alpha value is -2.15. The number of hydrogen-bond acceptors (Lipinski definition) is 1. The van der Waals surface area contributed by atoms with Gasteiger partial charge in [-0.2, -0.15) is 0 Å². The average Bonchev–Trinajstić information content (AvgIpc) is 2.43. The van der Waals surface area contributed by atoms with Gasteiger partial charge in [0.05, 0.1) is 16.3 Å². The largest absolute Gasteiger partial charge is 0.321 e. The number of rotatable bonds is 2. The Labute approximate surface area is 120 Å². The van der Waals surface area contributed by atoms with E-state index in [2.05, 4.69) is 0 Å². The van der Waals surface area contributed by atoms with Crippen LogP contribution in [0.1, 0.15) is 10.4 Å². The second-order valence-corrected chi connectivity index (χ2v) is 4.33. The van der Waals surface area contributed by atoms with E-state index in [4.69, 9.17) is 11.6 Å². The maximum absolute atomic E-state index is 13.4. The van der Waals surface area contributed by atoms with Crippen molar-refractivity contribution in [1.29, 1.82) is 0 Å². The summed E-state index contributed by atoms with van der Waals surface area (Å²) in [6.45, 7) is 0. The van der Waals surface area contributed by atoms with Crippen molar-refractivity contribution in [1.82, 2.24) is 0 Å². The van der Waals surface area contributed by atoms with Crippen LogP contribution in [0.2, 0.25) is 5.02 Å². The summed E-state index contributed by atoms with van der Waals surface area (Å²) in [5, 5.41) is 1.83. The van der Waals surface area contributed by atoms with Gasteiger partial charge in [-0.15, -0.1) is 0 Å². The lowest BCUT2D eigenvalue weighted by atomic mass is 10.1. The van der Waals surface area contributed by atoms with Gasteiger partial charge >= 0.3 is 0 Å². The molecule has 0 aliphatic carbocycles. The van der Waals surface area contributed by atoms with Crippen LogP contribution in [0.4, 0.5) is 27.6 Å². The normalized spacial score (nSPS) is 10.6. The number of amides is 1. The van der Waals surface area contributed by atoms with Crippen LogP contribution in [0.25, 0.3) is 0 Å². The van der Waals surface area contributed by atoms with Crippen molar-refractivity contribution in [3.63, 3.8) is 0 Å². The molecule has 0 aliphatic heterocycles. The summed E-state index contributed by atoms with van der Waals surface area (Å²) in [4.78, 5) is 11.7. The molecule has 1 amide bonds. The lowest BCUT2D eigenvalue weighted by molar-refractivity contribution is 0.102.